The largest absolute Gasteiger partial charge is 0.309 e. The zero-order valence-electron chi connectivity index (χ0n) is 22.8. The molecule has 0 aliphatic rings. The summed E-state index contributed by atoms with van der Waals surface area (Å²) in [6.07, 6.45) is 0. The maximum absolute atomic E-state index is 5.21. The molecule has 0 unspecified atom stereocenters. The molecule has 0 fully saturated rings. The third-order valence-electron chi connectivity index (χ3n) is 8.51. The van der Waals surface area contributed by atoms with E-state index >= 15 is 0 Å². The Hall–Kier alpha value is -5.67. The van der Waals surface area contributed by atoms with Crippen LogP contribution in [0.25, 0.3) is 77.1 Å². The molecule has 0 N–H and O–H groups in total. The normalized spacial score (nSPS) is 11.8. The average molecular weight is 536 g/mol. The number of nitrogens with zero attached hydrogens (tertiary/aromatic N) is 3. The Morgan fingerprint density at radius 1 is 0.357 bits per heavy atom. The molecule has 3 heterocycles. The van der Waals surface area contributed by atoms with Gasteiger partial charge in [0.2, 0.25) is 0 Å². The molecule has 0 saturated heterocycles. The van der Waals surface area contributed by atoms with Crippen LogP contribution in [0.5, 0.6) is 0 Å². The summed E-state index contributed by atoms with van der Waals surface area (Å²) in [5.74, 6) is 0.916. The van der Waals surface area contributed by atoms with Gasteiger partial charge in [-0.05, 0) is 36.4 Å². The number of rotatable bonds is 3. The Labute approximate surface area is 242 Å². The molecule has 0 atom stereocenters. The van der Waals surface area contributed by atoms with E-state index in [2.05, 4.69) is 155 Å². The molecule has 3 nitrogen and oxygen atoms in total. The van der Waals surface area contributed by atoms with Crippen LogP contribution in [-0.2, 0) is 0 Å². The first-order valence-corrected chi connectivity index (χ1v) is 14.3. The van der Waals surface area contributed by atoms with E-state index in [4.69, 9.17) is 4.98 Å². The fraction of sp³-hybridized carbons (Fsp3) is 0. The van der Waals surface area contributed by atoms with Crippen LogP contribution in [0.2, 0.25) is 0 Å². The van der Waals surface area contributed by atoms with Gasteiger partial charge in [-0.2, -0.15) is 0 Å². The van der Waals surface area contributed by atoms with Gasteiger partial charge in [0.1, 0.15) is 5.82 Å². The van der Waals surface area contributed by atoms with Crippen LogP contribution in [0.15, 0.2) is 152 Å². The van der Waals surface area contributed by atoms with Gasteiger partial charge in [0, 0.05) is 43.6 Å². The predicted molar refractivity (Wildman–Crippen MR) is 176 cm³/mol. The van der Waals surface area contributed by atoms with Gasteiger partial charge in [0.25, 0.3) is 0 Å². The molecular weight excluding hydrogens is 510 g/mol. The fourth-order valence-electron chi connectivity index (χ4n) is 6.72. The molecule has 42 heavy (non-hydrogen) atoms. The van der Waals surface area contributed by atoms with E-state index in [-0.39, 0.29) is 0 Å². The zero-order chi connectivity index (χ0) is 27.6. The summed E-state index contributed by atoms with van der Waals surface area (Å²) < 4.78 is 4.76. The summed E-state index contributed by atoms with van der Waals surface area (Å²) in [5.41, 5.74) is 8.01. The highest BCUT2D eigenvalue weighted by Gasteiger charge is 2.20. The number of benzene rings is 6. The van der Waals surface area contributed by atoms with E-state index in [1.807, 2.05) is 6.07 Å². The van der Waals surface area contributed by atoms with Crippen molar-refractivity contribution < 1.29 is 0 Å². The Kier molecular flexibility index (Phi) is 4.90. The van der Waals surface area contributed by atoms with Crippen molar-refractivity contribution in [2.45, 2.75) is 0 Å². The molecule has 3 aromatic heterocycles. The molecule has 0 amide bonds. The maximum atomic E-state index is 5.21. The number of pyridine rings is 1. The lowest BCUT2D eigenvalue weighted by Crippen LogP contribution is -1.99. The maximum Gasteiger partial charge on any atom is 0.138 e. The van der Waals surface area contributed by atoms with Crippen molar-refractivity contribution in [3.8, 4) is 22.8 Å². The van der Waals surface area contributed by atoms with E-state index in [1.165, 1.54) is 48.9 Å². The number of fused-ring (bicyclic) bond motifs is 9. The fourth-order valence-corrected chi connectivity index (χ4v) is 6.72. The predicted octanol–water partition coefficient (Wildman–Crippen LogP) is 10.1. The lowest BCUT2D eigenvalue weighted by Gasteiger charge is -2.13. The SMILES string of the molecule is c1ccc(-c2cccc(-n3c4ccccc4c4ccc5c(ccc6c7ccccc7n(-c7ccccc7)c65)c43)n2)cc1. The van der Waals surface area contributed by atoms with Crippen LogP contribution in [-0.4, -0.2) is 14.1 Å². The highest BCUT2D eigenvalue weighted by molar-refractivity contribution is 6.26. The first kappa shape index (κ1) is 23.1. The molecule has 0 aliphatic carbocycles. The Balaban J connectivity index is 1.44. The molecule has 0 bridgehead atoms. The summed E-state index contributed by atoms with van der Waals surface area (Å²) in [7, 11) is 0. The van der Waals surface area contributed by atoms with Gasteiger partial charge >= 0.3 is 0 Å². The van der Waals surface area contributed by atoms with Crippen molar-refractivity contribution in [2.24, 2.45) is 0 Å². The topological polar surface area (TPSA) is 22.8 Å². The number of hydrogen-bond acceptors (Lipinski definition) is 1. The number of para-hydroxylation sites is 3. The first-order valence-electron chi connectivity index (χ1n) is 14.3. The molecule has 3 heteroatoms. The standard InChI is InChI=1S/C39H25N3/c1-3-12-26(13-4-1)34-18-11-21-37(40-34)42-36-20-10-8-17-29(36)31-23-24-32-33(39(31)42)25-22-30-28-16-7-9-19-35(28)41(38(30)32)27-14-5-2-6-15-27/h1-25H. The van der Waals surface area contributed by atoms with Gasteiger partial charge in [-0.1, -0.05) is 115 Å². The summed E-state index contributed by atoms with van der Waals surface area (Å²) in [6.45, 7) is 0. The van der Waals surface area contributed by atoms with Gasteiger partial charge in [0.15, 0.2) is 0 Å². The van der Waals surface area contributed by atoms with E-state index in [0.29, 0.717) is 0 Å². The molecule has 0 spiro atoms. The van der Waals surface area contributed by atoms with Crippen molar-refractivity contribution in [1.29, 1.82) is 0 Å². The van der Waals surface area contributed by atoms with Crippen molar-refractivity contribution >= 4 is 54.4 Å². The van der Waals surface area contributed by atoms with Crippen molar-refractivity contribution in [2.75, 3.05) is 0 Å². The zero-order valence-corrected chi connectivity index (χ0v) is 22.8. The monoisotopic (exact) mass is 535 g/mol. The summed E-state index contributed by atoms with van der Waals surface area (Å²) in [4.78, 5) is 5.21. The van der Waals surface area contributed by atoms with Crippen LogP contribution >= 0.6 is 0 Å². The second kappa shape index (κ2) is 8.92. The second-order valence-electron chi connectivity index (χ2n) is 10.8. The van der Waals surface area contributed by atoms with Gasteiger partial charge < -0.3 is 4.57 Å². The van der Waals surface area contributed by atoms with E-state index in [0.717, 1.165) is 28.3 Å². The molecule has 0 saturated carbocycles. The highest BCUT2D eigenvalue weighted by Crippen LogP contribution is 2.41. The molecule has 9 aromatic rings. The van der Waals surface area contributed by atoms with Gasteiger partial charge in [-0.25, -0.2) is 4.98 Å². The summed E-state index contributed by atoms with van der Waals surface area (Å²) >= 11 is 0. The minimum Gasteiger partial charge on any atom is -0.309 e. The number of aromatic nitrogens is 3. The molecule has 6 aromatic carbocycles. The molecular formula is C39H25N3. The minimum atomic E-state index is 0.916. The van der Waals surface area contributed by atoms with E-state index < -0.39 is 0 Å². The Morgan fingerprint density at radius 2 is 0.857 bits per heavy atom. The molecule has 196 valence electrons. The smallest absolute Gasteiger partial charge is 0.138 e. The molecule has 0 radical (unpaired) electrons. The molecule has 9 rings (SSSR count). The molecule has 0 aliphatic heterocycles. The van der Waals surface area contributed by atoms with Crippen LogP contribution in [0.1, 0.15) is 0 Å². The van der Waals surface area contributed by atoms with Crippen LogP contribution < -0.4 is 0 Å². The van der Waals surface area contributed by atoms with Gasteiger partial charge in [-0.3, -0.25) is 4.57 Å². The second-order valence-corrected chi connectivity index (χ2v) is 10.8. The van der Waals surface area contributed by atoms with Crippen LogP contribution in [0.4, 0.5) is 0 Å². The van der Waals surface area contributed by atoms with Crippen LogP contribution in [0, 0.1) is 0 Å². The summed E-state index contributed by atoms with van der Waals surface area (Å²) in [6, 6.07) is 54.0. The minimum absolute atomic E-state index is 0.916. The van der Waals surface area contributed by atoms with Crippen molar-refractivity contribution in [3.63, 3.8) is 0 Å². The average Bonchev–Trinajstić information content (AvgIpc) is 3.59. The number of hydrogen-bond donors (Lipinski definition) is 0. The lowest BCUT2D eigenvalue weighted by molar-refractivity contribution is 1.09. The quantitative estimate of drug-likeness (QED) is 0.221. The van der Waals surface area contributed by atoms with Crippen molar-refractivity contribution in [1.82, 2.24) is 14.1 Å². The third-order valence-corrected chi connectivity index (χ3v) is 8.51. The Bertz CT molecular complexity index is 2450. The first-order chi connectivity index (χ1) is 20.9. The lowest BCUT2D eigenvalue weighted by atomic mass is 10.0. The van der Waals surface area contributed by atoms with E-state index in [1.54, 1.807) is 0 Å². The third kappa shape index (κ3) is 3.25. The van der Waals surface area contributed by atoms with Crippen LogP contribution in [0.3, 0.4) is 0 Å². The summed E-state index contributed by atoms with van der Waals surface area (Å²) in [5, 5.41) is 7.41. The van der Waals surface area contributed by atoms with E-state index in [9.17, 15) is 0 Å². The highest BCUT2D eigenvalue weighted by atomic mass is 15.1. The Morgan fingerprint density at radius 3 is 1.50 bits per heavy atom. The van der Waals surface area contributed by atoms with Gasteiger partial charge in [-0.15, -0.1) is 0 Å². The van der Waals surface area contributed by atoms with Crippen molar-refractivity contribution in [3.05, 3.63) is 152 Å². The van der Waals surface area contributed by atoms with Gasteiger partial charge in [0.05, 0.1) is 27.8 Å².